The average molecular weight is 339 g/mol. The van der Waals surface area contributed by atoms with E-state index in [4.69, 9.17) is 0 Å². The van der Waals surface area contributed by atoms with E-state index in [0.717, 1.165) is 22.6 Å². The lowest BCUT2D eigenvalue weighted by atomic mass is 9.69. The minimum absolute atomic E-state index is 0.0111. The standard InChI is InChI=1S/C20H25N3O2/c1-4-16(24)19-15(11-20(2,3)12-17(19)25)21-10-9-18-22-13-7-5-6-8-14(13)23-18/h5-8,19H,4,9-12H2,1-3H3,(H,22,23)/t19-/m1/s1. The lowest BCUT2D eigenvalue weighted by Gasteiger charge is -2.33. The number of hydrogen-bond acceptors (Lipinski definition) is 4. The molecule has 0 saturated heterocycles. The molecule has 5 nitrogen and oxygen atoms in total. The Hall–Kier alpha value is -2.30. The summed E-state index contributed by atoms with van der Waals surface area (Å²) in [6.07, 6.45) is 2.19. The summed E-state index contributed by atoms with van der Waals surface area (Å²) < 4.78 is 0. The Morgan fingerprint density at radius 3 is 2.80 bits per heavy atom. The number of carbonyl (C=O) groups is 2. The van der Waals surface area contributed by atoms with E-state index in [0.29, 0.717) is 32.2 Å². The van der Waals surface area contributed by atoms with Crippen LogP contribution in [0.25, 0.3) is 11.0 Å². The smallest absolute Gasteiger partial charge is 0.149 e. The molecule has 1 fully saturated rings. The van der Waals surface area contributed by atoms with Crippen LogP contribution in [-0.4, -0.2) is 33.8 Å². The number of nitrogens with zero attached hydrogens (tertiary/aromatic N) is 2. The molecule has 1 heterocycles. The minimum atomic E-state index is -0.631. The van der Waals surface area contributed by atoms with E-state index < -0.39 is 5.92 Å². The highest BCUT2D eigenvalue weighted by Gasteiger charge is 2.40. The van der Waals surface area contributed by atoms with Gasteiger partial charge in [0.25, 0.3) is 0 Å². The number of benzene rings is 1. The highest BCUT2D eigenvalue weighted by Crippen LogP contribution is 2.35. The number of ketones is 2. The lowest BCUT2D eigenvalue weighted by Crippen LogP contribution is -2.42. The summed E-state index contributed by atoms with van der Waals surface area (Å²) in [5.41, 5.74) is 2.58. The number of aromatic nitrogens is 2. The first-order valence-electron chi connectivity index (χ1n) is 8.92. The molecule has 1 aromatic carbocycles. The number of H-pyrrole nitrogens is 1. The zero-order valence-electron chi connectivity index (χ0n) is 15.1. The van der Waals surface area contributed by atoms with Gasteiger partial charge in [0.05, 0.1) is 11.0 Å². The third-order valence-corrected chi connectivity index (χ3v) is 4.74. The van der Waals surface area contributed by atoms with Crippen LogP contribution < -0.4 is 0 Å². The Morgan fingerprint density at radius 2 is 2.08 bits per heavy atom. The van der Waals surface area contributed by atoms with Gasteiger partial charge in [-0.15, -0.1) is 0 Å². The van der Waals surface area contributed by atoms with Gasteiger partial charge < -0.3 is 4.98 Å². The number of fused-ring (bicyclic) bond motifs is 1. The Kier molecular flexibility index (Phi) is 4.84. The van der Waals surface area contributed by atoms with Crippen LogP contribution in [0.1, 0.15) is 45.9 Å². The molecule has 2 aromatic rings. The van der Waals surface area contributed by atoms with Crippen molar-refractivity contribution < 1.29 is 9.59 Å². The van der Waals surface area contributed by atoms with Crippen LogP contribution in [0.5, 0.6) is 0 Å². The maximum Gasteiger partial charge on any atom is 0.149 e. The van der Waals surface area contributed by atoms with Crippen molar-refractivity contribution in [3.63, 3.8) is 0 Å². The summed E-state index contributed by atoms with van der Waals surface area (Å²) in [6, 6.07) is 7.90. The third kappa shape index (κ3) is 3.86. The molecule has 5 heteroatoms. The summed E-state index contributed by atoms with van der Waals surface area (Å²) in [5.74, 6) is 0.257. The number of aliphatic imine (C=N–C) groups is 1. The second kappa shape index (κ2) is 6.90. The summed E-state index contributed by atoms with van der Waals surface area (Å²) in [4.78, 5) is 37.2. The van der Waals surface area contributed by atoms with Crippen LogP contribution >= 0.6 is 0 Å². The van der Waals surface area contributed by atoms with Gasteiger partial charge in [-0.2, -0.15) is 0 Å². The van der Waals surface area contributed by atoms with E-state index in [1.807, 2.05) is 24.3 Å². The summed E-state index contributed by atoms with van der Waals surface area (Å²) in [6.45, 7) is 6.46. The number of aromatic amines is 1. The monoisotopic (exact) mass is 339 g/mol. The van der Waals surface area contributed by atoms with Crippen molar-refractivity contribution in [2.75, 3.05) is 6.54 Å². The van der Waals surface area contributed by atoms with Gasteiger partial charge in [-0.25, -0.2) is 4.98 Å². The van der Waals surface area contributed by atoms with Crippen molar-refractivity contribution in [3.8, 4) is 0 Å². The number of nitrogens with one attached hydrogen (secondary N) is 1. The van der Waals surface area contributed by atoms with Crippen molar-refractivity contribution in [3.05, 3.63) is 30.1 Å². The molecule has 132 valence electrons. The molecule has 25 heavy (non-hydrogen) atoms. The first-order valence-corrected chi connectivity index (χ1v) is 8.92. The zero-order valence-corrected chi connectivity index (χ0v) is 15.1. The van der Waals surface area contributed by atoms with Crippen molar-refractivity contribution in [1.29, 1.82) is 0 Å². The number of imidazole rings is 1. The normalized spacial score (nSPS) is 21.8. The summed E-state index contributed by atoms with van der Waals surface area (Å²) in [5, 5.41) is 0. The fourth-order valence-corrected chi connectivity index (χ4v) is 3.56. The highest BCUT2D eigenvalue weighted by molar-refractivity contribution is 6.22. The molecule has 1 aliphatic carbocycles. The molecule has 0 radical (unpaired) electrons. The van der Waals surface area contributed by atoms with E-state index in [9.17, 15) is 9.59 Å². The molecule has 1 N–H and O–H groups in total. The Bertz CT molecular complexity index is 799. The third-order valence-electron chi connectivity index (χ3n) is 4.74. The number of carbonyl (C=O) groups excluding carboxylic acids is 2. The second-order valence-electron chi connectivity index (χ2n) is 7.56. The number of hydrogen-bond donors (Lipinski definition) is 1. The zero-order chi connectivity index (χ0) is 18.0. The van der Waals surface area contributed by atoms with Crippen LogP contribution in [0.2, 0.25) is 0 Å². The fourth-order valence-electron chi connectivity index (χ4n) is 3.56. The Morgan fingerprint density at radius 1 is 1.32 bits per heavy atom. The molecular weight excluding hydrogens is 314 g/mol. The molecule has 0 bridgehead atoms. The first kappa shape index (κ1) is 17.5. The Labute approximate surface area is 147 Å². The maximum absolute atomic E-state index is 12.5. The molecule has 1 aromatic heterocycles. The fraction of sp³-hybridized carbons (Fsp3) is 0.500. The van der Waals surface area contributed by atoms with Crippen molar-refractivity contribution in [2.24, 2.45) is 16.3 Å². The molecule has 0 spiro atoms. The molecule has 3 rings (SSSR count). The van der Waals surface area contributed by atoms with Crippen LogP contribution in [-0.2, 0) is 16.0 Å². The first-order chi connectivity index (χ1) is 11.9. The lowest BCUT2D eigenvalue weighted by molar-refractivity contribution is -0.131. The van der Waals surface area contributed by atoms with Gasteiger partial charge >= 0.3 is 0 Å². The number of Topliss-reactive ketones (excluding diaryl/α,β-unsaturated/α-hetero) is 2. The molecule has 1 atom stereocenters. The van der Waals surface area contributed by atoms with E-state index in [-0.39, 0.29) is 17.0 Å². The van der Waals surface area contributed by atoms with Gasteiger partial charge in [0.1, 0.15) is 23.3 Å². The summed E-state index contributed by atoms with van der Waals surface area (Å²) >= 11 is 0. The van der Waals surface area contributed by atoms with Crippen molar-refractivity contribution in [1.82, 2.24) is 9.97 Å². The predicted octanol–water partition coefficient (Wildman–Crippen LogP) is 3.53. The minimum Gasteiger partial charge on any atom is -0.342 e. The SMILES string of the molecule is CCC(=O)[C@@H]1C(=O)CC(C)(C)CC1=NCCc1nc2ccccc2[nH]1. The van der Waals surface area contributed by atoms with E-state index in [1.54, 1.807) is 6.92 Å². The van der Waals surface area contributed by atoms with Gasteiger partial charge in [-0.1, -0.05) is 32.9 Å². The van der Waals surface area contributed by atoms with Crippen LogP contribution in [0.4, 0.5) is 0 Å². The van der Waals surface area contributed by atoms with Gasteiger partial charge in [-0.05, 0) is 24.0 Å². The maximum atomic E-state index is 12.5. The second-order valence-corrected chi connectivity index (χ2v) is 7.56. The molecule has 1 aliphatic rings. The highest BCUT2D eigenvalue weighted by atomic mass is 16.2. The average Bonchev–Trinajstić information content (AvgIpc) is 2.95. The largest absolute Gasteiger partial charge is 0.342 e. The molecular formula is C20H25N3O2. The van der Waals surface area contributed by atoms with E-state index >= 15 is 0 Å². The van der Waals surface area contributed by atoms with Gasteiger partial charge in [-0.3, -0.25) is 14.6 Å². The van der Waals surface area contributed by atoms with E-state index in [2.05, 4.69) is 28.8 Å². The van der Waals surface area contributed by atoms with Crippen molar-refractivity contribution >= 4 is 28.3 Å². The molecule has 0 unspecified atom stereocenters. The number of rotatable bonds is 5. The van der Waals surface area contributed by atoms with Crippen molar-refractivity contribution in [2.45, 2.75) is 46.5 Å². The van der Waals surface area contributed by atoms with Gasteiger partial charge in [0.2, 0.25) is 0 Å². The number of para-hydroxylation sites is 2. The summed E-state index contributed by atoms with van der Waals surface area (Å²) in [7, 11) is 0. The van der Waals surface area contributed by atoms with Gasteiger partial charge in [0.15, 0.2) is 0 Å². The topological polar surface area (TPSA) is 75.2 Å². The predicted molar refractivity (Wildman–Crippen MR) is 98.9 cm³/mol. The quantitative estimate of drug-likeness (QED) is 0.847. The van der Waals surface area contributed by atoms with Crippen LogP contribution in [0, 0.1) is 11.3 Å². The Balaban J connectivity index is 1.76. The van der Waals surface area contributed by atoms with Crippen LogP contribution in [0.15, 0.2) is 29.3 Å². The van der Waals surface area contributed by atoms with Crippen LogP contribution in [0.3, 0.4) is 0 Å². The van der Waals surface area contributed by atoms with E-state index in [1.165, 1.54) is 0 Å². The molecule has 0 aliphatic heterocycles. The molecule has 1 saturated carbocycles. The van der Waals surface area contributed by atoms with Gasteiger partial charge in [0, 0.05) is 31.5 Å². The molecule has 0 amide bonds.